The van der Waals surface area contributed by atoms with Crippen molar-refractivity contribution in [1.82, 2.24) is 4.98 Å². The maximum atomic E-state index is 5.41. The van der Waals surface area contributed by atoms with Crippen LogP contribution in [0.25, 0.3) is 0 Å². The summed E-state index contributed by atoms with van der Waals surface area (Å²) >= 11 is 0. The highest BCUT2D eigenvalue weighted by atomic mass is 29.3. The Labute approximate surface area is 76.0 Å². The minimum Gasteiger partial charge on any atom is -0.379 e. The van der Waals surface area contributed by atoms with Gasteiger partial charge in [-0.15, -0.1) is 0 Å². The fourth-order valence-electron chi connectivity index (χ4n) is 1.66. The van der Waals surface area contributed by atoms with Crippen LogP contribution in [0.5, 0.6) is 0 Å². The number of hydrogen-bond acceptors (Lipinski definition) is 4. The van der Waals surface area contributed by atoms with Gasteiger partial charge in [0.2, 0.25) is 8.48 Å². The highest BCUT2D eigenvalue weighted by Crippen LogP contribution is 2.16. The number of hydrogen-bond donors (Lipinski definition) is 1. The van der Waals surface area contributed by atoms with Gasteiger partial charge in [0.15, 0.2) is 0 Å². The fourth-order valence-corrected chi connectivity index (χ4v) is 10.4. The van der Waals surface area contributed by atoms with Gasteiger partial charge in [-0.1, -0.05) is 0 Å². The molecule has 1 aliphatic heterocycles. The second-order valence-corrected chi connectivity index (χ2v) is 11.6. The Morgan fingerprint density at radius 1 is 1.17 bits per heavy atom. The van der Waals surface area contributed by atoms with Crippen LogP contribution in [0.2, 0.25) is 6.04 Å². The van der Waals surface area contributed by atoms with Gasteiger partial charge in [-0.25, -0.2) is 0 Å². The number of nitrogens with one attached hydrogen (secondary N) is 1. The van der Waals surface area contributed by atoms with Gasteiger partial charge in [0.05, 0.1) is 0 Å². The first-order chi connectivity index (χ1) is 5.79. The summed E-state index contributed by atoms with van der Waals surface area (Å²) in [6, 6.07) is 1.22. The van der Waals surface area contributed by atoms with Gasteiger partial charge in [0, 0.05) is 21.3 Å². The van der Waals surface area contributed by atoms with Crippen molar-refractivity contribution in [2.24, 2.45) is 0 Å². The SMILES string of the molecule is CO[Si](OC)(OC)[SiH]1CCCN1. The van der Waals surface area contributed by atoms with E-state index in [1.165, 1.54) is 12.5 Å². The van der Waals surface area contributed by atoms with Crippen LogP contribution in [-0.2, 0) is 13.3 Å². The van der Waals surface area contributed by atoms with Crippen LogP contribution in [0.15, 0.2) is 0 Å². The van der Waals surface area contributed by atoms with Crippen LogP contribution < -0.4 is 4.98 Å². The van der Waals surface area contributed by atoms with Crippen LogP contribution >= 0.6 is 0 Å². The molecule has 1 rings (SSSR count). The number of rotatable bonds is 4. The third-order valence-electron chi connectivity index (χ3n) is 2.34. The van der Waals surface area contributed by atoms with Crippen molar-refractivity contribution >= 4 is 16.8 Å². The molecule has 1 saturated heterocycles. The summed E-state index contributed by atoms with van der Waals surface area (Å²) in [7, 11) is 1.69. The van der Waals surface area contributed by atoms with Crippen molar-refractivity contribution in [1.29, 1.82) is 0 Å². The normalized spacial score (nSPS) is 24.8. The summed E-state index contributed by atoms with van der Waals surface area (Å²) in [5, 5.41) is 0. The zero-order valence-corrected chi connectivity index (χ0v) is 10.1. The van der Waals surface area contributed by atoms with Gasteiger partial charge < -0.3 is 18.3 Å². The lowest BCUT2D eigenvalue weighted by molar-refractivity contribution is 0.146. The molecular weight excluding hydrogens is 190 g/mol. The van der Waals surface area contributed by atoms with Gasteiger partial charge in [-0.3, -0.25) is 0 Å². The molecule has 0 bridgehead atoms. The van der Waals surface area contributed by atoms with E-state index < -0.39 is 16.8 Å². The smallest absolute Gasteiger partial charge is 0.379 e. The van der Waals surface area contributed by atoms with Crippen molar-refractivity contribution in [3.8, 4) is 0 Å². The molecule has 0 aromatic carbocycles. The summed E-state index contributed by atoms with van der Waals surface area (Å²) in [5.74, 6) is 0. The molecule has 1 unspecified atom stereocenters. The van der Waals surface area contributed by atoms with Crippen LogP contribution in [0.3, 0.4) is 0 Å². The molecule has 0 radical (unpaired) electrons. The van der Waals surface area contributed by atoms with E-state index in [4.69, 9.17) is 13.3 Å². The first-order valence-corrected chi connectivity index (χ1v) is 9.10. The second-order valence-electron chi connectivity index (χ2n) is 2.86. The van der Waals surface area contributed by atoms with Gasteiger partial charge in [-0.05, 0) is 19.0 Å². The second kappa shape index (κ2) is 4.49. The van der Waals surface area contributed by atoms with Crippen molar-refractivity contribution in [2.75, 3.05) is 27.9 Å². The predicted molar refractivity (Wildman–Crippen MR) is 51.4 cm³/mol. The highest BCUT2D eigenvalue weighted by molar-refractivity contribution is 7.23. The standard InChI is InChI=1S/C6H17NO3Si2/c1-8-12(9-2,10-3)11-6-4-5-7-11/h7,11H,4-6H2,1-3H3. The van der Waals surface area contributed by atoms with Gasteiger partial charge in [-0.2, -0.15) is 0 Å². The summed E-state index contributed by atoms with van der Waals surface area (Å²) in [6.45, 7) is 1.10. The molecule has 0 saturated carbocycles. The van der Waals surface area contributed by atoms with Gasteiger partial charge in [0.25, 0.3) is 0 Å². The average Bonchev–Trinajstić information content (AvgIpc) is 2.62. The lowest BCUT2D eigenvalue weighted by atomic mass is 10.5. The van der Waals surface area contributed by atoms with Crippen LogP contribution in [-0.4, -0.2) is 44.7 Å². The molecule has 1 N–H and O–H groups in total. The maximum Gasteiger partial charge on any atom is 0.483 e. The third kappa shape index (κ3) is 1.78. The van der Waals surface area contributed by atoms with Crippen LogP contribution in [0.1, 0.15) is 6.42 Å². The molecule has 6 heteroatoms. The summed E-state index contributed by atoms with van der Waals surface area (Å²) < 4.78 is 16.2. The van der Waals surface area contributed by atoms with Crippen molar-refractivity contribution in [2.45, 2.75) is 12.5 Å². The molecule has 1 heterocycles. The molecule has 1 fully saturated rings. The zero-order chi connectivity index (χ0) is 9.03. The van der Waals surface area contributed by atoms with E-state index in [9.17, 15) is 0 Å². The van der Waals surface area contributed by atoms with Crippen molar-refractivity contribution in [3.63, 3.8) is 0 Å². The zero-order valence-electron chi connectivity index (χ0n) is 7.92. The Bertz CT molecular complexity index is 128. The average molecular weight is 207 g/mol. The molecule has 0 aromatic heterocycles. The van der Waals surface area contributed by atoms with Gasteiger partial charge in [0.1, 0.15) is 0 Å². The van der Waals surface area contributed by atoms with E-state index in [0.29, 0.717) is 0 Å². The summed E-state index contributed by atoms with van der Waals surface area (Å²) in [4.78, 5) is 3.48. The first kappa shape index (κ1) is 10.4. The van der Waals surface area contributed by atoms with Crippen LogP contribution in [0.4, 0.5) is 0 Å². The molecule has 1 atom stereocenters. The van der Waals surface area contributed by atoms with E-state index in [1.807, 2.05) is 0 Å². The molecule has 12 heavy (non-hydrogen) atoms. The van der Waals surface area contributed by atoms with Gasteiger partial charge >= 0.3 is 8.32 Å². The monoisotopic (exact) mass is 207 g/mol. The third-order valence-corrected chi connectivity index (χ3v) is 12.8. The Kier molecular flexibility index (Phi) is 3.88. The van der Waals surface area contributed by atoms with E-state index >= 15 is 0 Å². The fraction of sp³-hybridized carbons (Fsp3) is 1.00. The Balaban J connectivity index is 2.61. The Morgan fingerprint density at radius 2 is 1.75 bits per heavy atom. The minimum atomic E-state index is -2.26. The van der Waals surface area contributed by atoms with E-state index in [1.54, 1.807) is 21.3 Å². The molecule has 0 amide bonds. The molecule has 0 aliphatic carbocycles. The van der Waals surface area contributed by atoms with E-state index in [0.717, 1.165) is 6.54 Å². The first-order valence-electron chi connectivity index (χ1n) is 4.18. The lowest BCUT2D eigenvalue weighted by Crippen LogP contribution is -2.61. The maximum absolute atomic E-state index is 5.41. The predicted octanol–water partition coefficient (Wildman–Crippen LogP) is -0.340. The molecule has 0 aromatic rings. The quantitative estimate of drug-likeness (QED) is 0.640. The largest absolute Gasteiger partial charge is 0.483 e. The summed E-state index contributed by atoms with van der Waals surface area (Å²) in [6.07, 6.45) is 1.24. The molecule has 1 aliphatic rings. The minimum absolute atomic E-state index is 1.10. The molecule has 72 valence electrons. The van der Waals surface area contributed by atoms with E-state index in [-0.39, 0.29) is 0 Å². The molecule has 0 spiro atoms. The Morgan fingerprint density at radius 3 is 2.08 bits per heavy atom. The summed E-state index contributed by atoms with van der Waals surface area (Å²) in [5.41, 5.74) is 0. The van der Waals surface area contributed by atoms with E-state index in [2.05, 4.69) is 4.98 Å². The Hall–Kier alpha value is 0.274. The topological polar surface area (TPSA) is 39.7 Å². The lowest BCUT2D eigenvalue weighted by Gasteiger charge is -2.28. The molecular formula is C6H17NO3Si2. The molecule has 4 nitrogen and oxygen atoms in total. The van der Waals surface area contributed by atoms with Crippen LogP contribution in [0, 0.1) is 0 Å². The van der Waals surface area contributed by atoms with Crippen molar-refractivity contribution < 1.29 is 13.3 Å². The van der Waals surface area contributed by atoms with Crippen molar-refractivity contribution in [3.05, 3.63) is 0 Å². The highest BCUT2D eigenvalue weighted by Gasteiger charge is 2.49.